The standard InChI is InChI=1S/C12H13N3O3S/c1-5-9(12(17)18)8(4-13-5)15-11(16)10-6(2)14-7(3)19-10/h4,13H,1-3H3,(H,15,16)(H,17,18). The van der Waals surface area contributed by atoms with Crippen LogP contribution in [-0.2, 0) is 0 Å². The van der Waals surface area contributed by atoms with Crippen molar-refractivity contribution in [1.82, 2.24) is 9.97 Å². The maximum atomic E-state index is 12.1. The molecule has 3 N–H and O–H groups in total. The SMILES string of the molecule is Cc1nc(C)c(C(=O)Nc2c[nH]c(C)c2C(=O)O)s1. The third-order valence-corrected chi connectivity index (χ3v) is 3.72. The highest BCUT2D eigenvalue weighted by atomic mass is 32.1. The predicted molar refractivity (Wildman–Crippen MR) is 72.0 cm³/mol. The minimum atomic E-state index is -1.08. The van der Waals surface area contributed by atoms with Crippen LogP contribution in [0.1, 0.15) is 36.4 Å². The zero-order chi connectivity index (χ0) is 14.2. The van der Waals surface area contributed by atoms with Crippen LogP contribution in [0.25, 0.3) is 0 Å². The first-order valence-corrected chi connectivity index (χ1v) is 6.38. The molecule has 0 fully saturated rings. The summed E-state index contributed by atoms with van der Waals surface area (Å²) < 4.78 is 0. The summed E-state index contributed by atoms with van der Waals surface area (Å²) in [6.07, 6.45) is 1.47. The van der Waals surface area contributed by atoms with Gasteiger partial charge in [-0.15, -0.1) is 11.3 Å². The Balaban J connectivity index is 2.29. The molecule has 100 valence electrons. The van der Waals surface area contributed by atoms with Crippen LogP contribution >= 0.6 is 11.3 Å². The number of hydrogen-bond donors (Lipinski definition) is 3. The highest BCUT2D eigenvalue weighted by Crippen LogP contribution is 2.22. The molecule has 2 heterocycles. The number of aromatic carboxylic acids is 1. The van der Waals surface area contributed by atoms with Gasteiger partial charge in [-0.05, 0) is 20.8 Å². The van der Waals surface area contributed by atoms with Crippen LogP contribution in [-0.4, -0.2) is 27.0 Å². The van der Waals surface area contributed by atoms with Crippen molar-refractivity contribution in [3.63, 3.8) is 0 Å². The minimum Gasteiger partial charge on any atom is -0.478 e. The first-order valence-electron chi connectivity index (χ1n) is 5.56. The van der Waals surface area contributed by atoms with Gasteiger partial charge in [0.1, 0.15) is 10.4 Å². The molecule has 0 saturated carbocycles. The molecule has 0 aliphatic rings. The van der Waals surface area contributed by atoms with Crippen LogP contribution < -0.4 is 5.32 Å². The number of carboxylic acid groups (broad SMARTS) is 1. The topological polar surface area (TPSA) is 95.1 Å². The number of carboxylic acids is 1. The molecule has 7 heteroatoms. The van der Waals surface area contributed by atoms with E-state index in [9.17, 15) is 9.59 Å². The van der Waals surface area contributed by atoms with Gasteiger partial charge in [-0.1, -0.05) is 0 Å². The van der Waals surface area contributed by atoms with Crippen LogP contribution in [0.4, 0.5) is 5.69 Å². The second kappa shape index (κ2) is 4.85. The number of amides is 1. The zero-order valence-electron chi connectivity index (χ0n) is 10.7. The highest BCUT2D eigenvalue weighted by Gasteiger charge is 2.20. The second-order valence-corrected chi connectivity index (χ2v) is 5.31. The number of nitrogens with one attached hydrogen (secondary N) is 2. The lowest BCUT2D eigenvalue weighted by molar-refractivity contribution is 0.0697. The Morgan fingerprint density at radius 3 is 2.58 bits per heavy atom. The van der Waals surface area contributed by atoms with E-state index < -0.39 is 5.97 Å². The average Bonchev–Trinajstić information content (AvgIpc) is 2.82. The van der Waals surface area contributed by atoms with Crippen molar-refractivity contribution in [3.8, 4) is 0 Å². The van der Waals surface area contributed by atoms with E-state index in [1.807, 2.05) is 6.92 Å². The molecule has 2 aromatic heterocycles. The fraction of sp³-hybridized carbons (Fsp3) is 0.250. The largest absolute Gasteiger partial charge is 0.478 e. The first kappa shape index (κ1) is 13.3. The Hall–Kier alpha value is -2.15. The van der Waals surface area contributed by atoms with Crippen molar-refractivity contribution in [1.29, 1.82) is 0 Å². The van der Waals surface area contributed by atoms with Gasteiger partial charge >= 0.3 is 5.97 Å². The average molecular weight is 279 g/mol. The number of H-pyrrole nitrogens is 1. The highest BCUT2D eigenvalue weighted by molar-refractivity contribution is 7.13. The van der Waals surface area contributed by atoms with E-state index in [2.05, 4.69) is 15.3 Å². The number of nitrogens with zero attached hydrogens (tertiary/aromatic N) is 1. The molecule has 0 saturated heterocycles. The lowest BCUT2D eigenvalue weighted by Gasteiger charge is -2.03. The molecule has 19 heavy (non-hydrogen) atoms. The lowest BCUT2D eigenvalue weighted by Crippen LogP contribution is -2.13. The summed E-state index contributed by atoms with van der Waals surface area (Å²) in [5.41, 5.74) is 1.48. The molecular weight excluding hydrogens is 266 g/mol. The summed E-state index contributed by atoms with van der Waals surface area (Å²) in [7, 11) is 0. The number of carbonyl (C=O) groups excluding carboxylic acids is 1. The third-order valence-electron chi connectivity index (χ3n) is 2.65. The summed E-state index contributed by atoms with van der Waals surface area (Å²) >= 11 is 1.28. The zero-order valence-corrected chi connectivity index (χ0v) is 11.5. The molecule has 0 bridgehead atoms. The van der Waals surface area contributed by atoms with Gasteiger partial charge in [0.15, 0.2) is 0 Å². The molecule has 0 aliphatic carbocycles. The van der Waals surface area contributed by atoms with Gasteiger partial charge < -0.3 is 15.4 Å². The van der Waals surface area contributed by atoms with E-state index in [1.54, 1.807) is 13.8 Å². The van der Waals surface area contributed by atoms with Crippen LogP contribution in [0.5, 0.6) is 0 Å². The molecule has 1 amide bonds. The molecule has 0 aromatic carbocycles. The monoisotopic (exact) mass is 279 g/mol. The van der Waals surface area contributed by atoms with Crippen LogP contribution in [0, 0.1) is 20.8 Å². The van der Waals surface area contributed by atoms with Gasteiger partial charge in [0.05, 0.1) is 16.4 Å². The summed E-state index contributed by atoms with van der Waals surface area (Å²) in [5.74, 6) is -1.42. The number of aryl methyl sites for hydroxylation is 3. The van der Waals surface area contributed by atoms with Crippen molar-refractivity contribution in [2.75, 3.05) is 5.32 Å². The maximum Gasteiger partial charge on any atom is 0.339 e. The van der Waals surface area contributed by atoms with Crippen LogP contribution in [0.3, 0.4) is 0 Å². The van der Waals surface area contributed by atoms with Gasteiger partial charge in [-0.2, -0.15) is 0 Å². The van der Waals surface area contributed by atoms with Crippen molar-refractivity contribution < 1.29 is 14.7 Å². The normalized spacial score (nSPS) is 10.5. The second-order valence-electron chi connectivity index (χ2n) is 4.11. The van der Waals surface area contributed by atoms with Crippen molar-refractivity contribution >= 4 is 28.9 Å². The summed E-state index contributed by atoms with van der Waals surface area (Å²) in [6, 6.07) is 0. The molecule has 2 aromatic rings. The Labute approximate surface area is 113 Å². The lowest BCUT2D eigenvalue weighted by atomic mass is 10.2. The van der Waals surface area contributed by atoms with Gasteiger partial charge in [0, 0.05) is 11.9 Å². The first-order chi connectivity index (χ1) is 8.90. The van der Waals surface area contributed by atoms with E-state index in [-0.39, 0.29) is 17.2 Å². The summed E-state index contributed by atoms with van der Waals surface area (Å²) in [4.78, 5) is 30.6. The number of thiazole rings is 1. The number of rotatable bonds is 3. The molecule has 0 aliphatic heterocycles. The fourth-order valence-corrected chi connectivity index (χ4v) is 2.64. The van der Waals surface area contributed by atoms with Gasteiger partial charge in [-0.25, -0.2) is 9.78 Å². The Kier molecular flexibility index (Phi) is 3.39. The van der Waals surface area contributed by atoms with Crippen LogP contribution in [0.2, 0.25) is 0 Å². The molecule has 0 unspecified atom stereocenters. The molecular formula is C12H13N3O3S. The Bertz CT molecular complexity index is 657. The number of carbonyl (C=O) groups is 2. The summed E-state index contributed by atoms with van der Waals surface area (Å²) in [5, 5.41) is 12.5. The number of aromatic amines is 1. The van der Waals surface area contributed by atoms with E-state index in [1.165, 1.54) is 17.5 Å². The van der Waals surface area contributed by atoms with E-state index in [4.69, 9.17) is 5.11 Å². The van der Waals surface area contributed by atoms with Crippen LogP contribution in [0.15, 0.2) is 6.20 Å². The number of aromatic nitrogens is 2. The van der Waals surface area contributed by atoms with Gasteiger partial charge in [0.25, 0.3) is 5.91 Å². The van der Waals surface area contributed by atoms with Gasteiger partial charge in [-0.3, -0.25) is 4.79 Å². The molecule has 6 nitrogen and oxygen atoms in total. The van der Waals surface area contributed by atoms with E-state index in [0.717, 1.165) is 5.01 Å². The number of hydrogen-bond acceptors (Lipinski definition) is 4. The fourth-order valence-electron chi connectivity index (χ4n) is 1.82. The third kappa shape index (κ3) is 2.50. The quantitative estimate of drug-likeness (QED) is 0.803. The Morgan fingerprint density at radius 2 is 2.05 bits per heavy atom. The molecule has 2 rings (SSSR count). The van der Waals surface area contributed by atoms with Crippen molar-refractivity contribution in [3.05, 3.63) is 33.0 Å². The molecule has 0 spiro atoms. The van der Waals surface area contributed by atoms with E-state index >= 15 is 0 Å². The minimum absolute atomic E-state index is 0.0761. The number of anilines is 1. The molecule has 0 radical (unpaired) electrons. The maximum absolute atomic E-state index is 12.1. The smallest absolute Gasteiger partial charge is 0.339 e. The van der Waals surface area contributed by atoms with Crippen molar-refractivity contribution in [2.45, 2.75) is 20.8 Å². The predicted octanol–water partition coefficient (Wildman–Crippen LogP) is 2.35. The Morgan fingerprint density at radius 1 is 1.37 bits per heavy atom. The molecule has 0 atom stereocenters. The van der Waals surface area contributed by atoms with Crippen molar-refractivity contribution in [2.24, 2.45) is 0 Å². The van der Waals surface area contributed by atoms with Gasteiger partial charge in [0.2, 0.25) is 0 Å². The van der Waals surface area contributed by atoms with E-state index in [0.29, 0.717) is 16.3 Å². The summed E-state index contributed by atoms with van der Waals surface area (Å²) in [6.45, 7) is 5.21.